The minimum absolute atomic E-state index is 0.319. The van der Waals surface area contributed by atoms with E-state index in [0.717, 1.165) is 38.2 Å². The second-order valence-corrected chi connectivity index (χ2v) is 4.21. The smallest absolute Gasteiger partial charge is 0.138 e. The van der Waals surface area contributed by atoms with Gasteiger partial charge in [0.15, 0.2) is 0 Å². The first kappa shape index (κ1) is 14.1. The topological polar surface area (TPSA) is 52.0 Å². The molecule has 1 rings (SSSR count). The Morgan fingerprint density at radius 2 is 2.24 bits per heavy atom. The van der Waals surface area contributed by atoms with E-state index in [2.05, 4.69) is 29.2 Å². The lowest BCUT2D eigenvalue weighted by atomic mass is 10.2. The molecule has 0 saturated heterocycles. The van der Waals surface area contributed by atoms with Crippen LogP contribution < -0.4 is 5.32 Å². The molecule has 0 aromatic carbocycles. The van der Waals surface area contributed by atoms with Gasteiger partial charge in [0, 0.05) is 26.1 Å². The number of aromatic nitrogens is 3. The summed E-state index contributed by atoms with van der Waals surface area (Å²) in [5, 5.41) is 7.71. The first-order chi connectivity index (χ1) is 8.31. The molecule has 1 aromatic rings. The maximum atomic E-state index is 5.23. The van der Waals surface area contributed by atoms with Crippen LogP contribution in [0.1, 0.15) is 32.5 Å². The number of nitrogens with one attached hydrogen (secondary N) is 1. The number of methoxy groups -OCH3 is 1. The van der Waals surface area contributed by atoms with Crippen molar-refractivity contribution in [2.45, 2.75) is 45.7 Å². The van der Waals surface area contributed by atoms with Crippen molar-refractivity contribution in [3.8, 4) is 0 Å². The molecule has 5 nitrogen and oxygen atoms in total. The van der Waals surface area contributed by atoms with E-state index in [0.29, 0.717) is 12.6 Å². The molecule has 17 heavy (non-hydrogen) atoms. The largest absolute Gasteiger partial charge is 0.383 e. The summed E-state index contributed by atoms with van der Waals surface area (Å²) >= 11 is 0. The maximum absolute atomic E-state index is 5.23. The van der Waals surface area contributed by atoms with Gasteiger partial charge in [-0.05, 0) is 19.4 Å². The Kier molecular flexibility index (Phi) is 6.81. The van der Waals surface area contributed by atoms with Crippen LogP contribution in [0.15, 0.2) is 6.33 Å². The second-order valence-electron chi connectivity index (χ2n) is 4.21. The molecule has 1 aromatic heterocycles. The third kappa shape index (κ3) is 4.83. The molecule has 1 heterocycles. The fourth-order valence-corrected chi connectivity index (χ4v) is 1.80. The summed E-state index contributed by atoms with van der Waals surface area (Å²) in [5.74, 6) is 1.04. The Bertz CT molecular complexity index is 300. The zero-order valence-corrected chi connectivity index (χ0v) is 11.1. The van der Waals surface area contributed by atoms with E-state index in [1.165, 1.54) is 0 Å². The average Bonchev–Trinajstić information content (AvgIpc) is 2.74. The SMILES string of the molecule is CCCNC(COC)Cc1ncnn1CCC. The Morgan fingerprint density at radius 1 is 1.41 bits per heavy atom. The van der Waals surface area contributed by atoms with Gasteiger partial charge in [-0.15, -0.1) is 0 Å². The number of hydrogen-bond acceptors (Lipinski definition) is 4. The quantitative estimate of drug-likeness (QED) is 0.705. The molecule has 0 spiro atoms. The van der Waals surface area contributed by atoms with Crippen molar-refractivity contribution in [1.82, 2.24) is 20.1 Å². The zero-order valence-electron chi connectivity index (χ0n) is 11.1. The third-order valence-corrected chi connectivity index (χ3v) is 2.61. The Hall–Kier alpha value is -0.940. The van der Waals surface area contributed by atoms with E-state index in [1.807, 2.05) is 4.68 Å². The van der Waals surface area contributed by atoms with Crippen molar-refractivity contribution in [1.29, 1.82) is 0 Å². The van der Waals surface area contributed by atoms with Crippen LogP contribution in [0.3, 0.4) is 0 Å². The van der Waals surface area contributed by atoms with Crippen molar-refractivity contribution in [2.24, 2.45) is 0 Å². The highest BCUT2D eigenvalue weighted by atomic mass is 16.5. The molecule has 0 aliphatic rings. The first-order valence-corrected chi connectivity index (χ1v) is 6.40. The summed E-state index contributed by atoms with van der Waals surface area (Å²) in [5.41, 5.74) is 0. The van der Waals surface area contributed by atoms with E-state index >= 15 is 0 Å². The highest BCUT2D eigenvalue weighted by molar-refractivity contribution is 4.90. The molecule has 0 bridgehead atoms. The molecular weight excluding hydrogens is 216 g/mol. The fraction of sp³-hybridized carbons (Fsp3) is 0.833. The fourth-order valence-electron chi connectivity index (χ4n) is 1.80. The van der Waals surface area contributed by atoms with E-state index < -0.39 is 0 Å². The first-order valence-electron chi connectivity index (χ1n) is 6.40. The zero-order chi connectivity index (χ0) is 12.5. The predicted octanol–water partition coefficient (Wildman–Crippen LogP) is 1.25. The molecule has 0 aliphatic heterocycles. The van der Waals surface area contributed by atoms with Crippen LogP contribution in [0, 0.1) is 0 Å². The van der Waals surface area contributed by atoms with Crippen LogP contribution in [0.25, 0.3) is 0 Å². The summed E-state index contributed by atoms with van der Waals surface area (Å²) in [6.07, 6.45) is 4.71. The molecule has 0 fully saturated rings. The predicted molar refractivity (Wildman–Crippen MR) is 68.0 cm³/mol. The van der Waals surface area contributed by atoms with Crippen LogP contribution >= 0.6 is 0 Å². The van der Waals surface area contributed by atoms with Crippen molar-refractivity contribution < 1.29 is 4.74 Å². The number of rotatable bonds is 9. The molecule has 0 saturated carbocycles. The number of nitrogens with zero attached hydrogens (tertiary/aromatic N) is 3. The third-order valence-electron chi connectivity index (χ3n) is 2.61. The van der Waals surface area contributed by atoms with Crippen LogP contribution in [0.5, 0.6) is 0 Å². The van der Waals surface area contributed by atoms with Gasteiger partial charge in [0.1, 0.15) is 12.2 Å². The molecule has 98 valence electrons. The van der Waals surface area contributed by atoms with Crippen LogP contribution in [-0.2, 0) is 17.7 Å². The molecule has 5 heteroatoms. The second kappa shape index (κ2) is 8.20. The van der Waals surface area contributed by atoms with Gasteiger partial charge in [-0.25, -0.2) is 4.98 Å². The van der Waals surface area contributed by atoms with Crippen molar-refractivity contribution >= 4 is 0 Å². The van der Waals surface area contributed by atoms with Crippen LogP contribution in [0.2, 0.25) is 0 Å². The van der Waals surface area contributed by atoms with Gasteiger partial charge in [0.2, 0.25) is 0 Å². The standard InChI is InChI=1S/C12H24N4O/c1-4-6-13-11(9-17-3)8-12-14-10-15-16(12)7-5-2/h10-11,13H,4-9H2,1-3H3. The summed E-state index contributed by atoms with van der Waals surface area (Å²) in [4.78, 5) is 4.32. The highest BCUT2D eigenvalue weighted by Gasteiger charge is 2.12. The minimum atomic E-state index is 0.319. The lowest BCUT2D eigenvalue weighted by Gasteiger charge is -2.17. The molecule has 0 radical (unpaired) electrons. The van der Waals surface area contributed by atoms with E-state index in [-0.39, 0.29) is 0 Å². The van der Waals surface area contributed by atoms with Crippen molar-refractivity contribution in [2.75, 3.05) is 20.3 Å². The number of aryl methyl sites for hydroxylation is 1. The van der Waals surface area contributed by atoms with E-state index in [9.17, 15) is 0 Å². The molecule has 0 aliphatic carbocycles. The van der Waals surface area contributed by atoms with Gasteiger partial charge < -0.3 is 10.1 Å². The average molecular weight is 240 g/mol. The van der Waals surface area contributed by atoms with Gasteiger partial charge in [-0.1, -0.05) is 13.8 Å². The summed E-state index contributed by atoms with van der Waals surface area (Å²) in [6, 6.07) is 0.319. The van der Waals surface area contributed by atoms with Gasteiger partial charge in [-0.3, -0.25) is 4.68 Å². The Balaban J connectivity index is 2.54. The molecular formula is C12H24N4O. The molecule has 1 atom stereocenters. The normalized spacial score (nSPS) is 12.9. The Morgan fingerprint density at radius 3 is 2.88 bits per heavy atom. The van der Waals surface area contributed by atoms with Crippen LogP contribution in [-0.4, -0.2) is 41.1 Å². The van der Waals surface area contributed by atoms with Crippen molar-refractivity contribution in [3.05, 3.63) is 12.2 Å². The van der Waals surface area contributed by atoms with Gasteiger partial charge in [0.05, 0.1) is 6.61 Å². The summed E-state index contributed by atoms with van der Waals surface area (Å²) in [7, 11) is 1.73. The molecule has 1 unspecified atom stereocenters. The highest BCUT2D eigenvalue weighted by Crippen LogP contribution is 2.02. The van der Waals surface area contributed by atoms with Crippen molar-refractivity contribution in [3.63, 3.8) is 0 Å². The van der Waals surface area contributed by atoms with E-state index in [1.54, 1.807) is 13.4 Å². The van der Waals surface area contributed by atoms with Crippen LogP contribution in [0.4, 0.5) is 0 Å². The van der Waals surface area contributed by atoms with Gasteiger partial charge >= 0.3 is 0 Å². The lowest BCUT2D eigenvalue weighted by Crippen LogP contribution is -2.36. The van der Waals surface area contributed by atoms with Gasteiger partial charge in [-0.2, -0.15) is 5.10 Å². The van der Waals surface area contributed by atoms with Gasteiger partial charge in [0.25, 0.3) is 0 Å². The van der Waals surface area contributed by atoms with E-state index in [4.69, 9.17) is 4.74 Å². The minimum Gasteiger partial charge on any atom is -0.383 e. The summed E-state index contributed by atoms with van der Waals surface area (Å²) in [6.45, 7) is 6.96. The monoisotopic (exact) mass is 240 g/mol. The summed E-state index contributed by atoms with van der Waals surface area (Å²) < 4.78 is 7.21. The Labute approximate surface area is 104 Å². The lowest BCUT2D eigenvalue weighted by molar-refractivity contribution is 0.164. The molecule has 1 N–H and O–H groups in total. The molecule has 0 amide bonds. The number of ether oxygens (including phenoxy) is 1. The number of hydrogen-bond donors (Lipinski definition) is 1. The maximum Gasteiger partial charge on any atom is 0.138 e.